The molecule has 0 saturated carbocycles. The van der Waals surface area contributed by atoms with Gasteiger partial charge in [0.1, 0.15) is 5.75 Å². The van der Waals surface area contributed by atoms with Crippen LogP contribution in [0.4, 0.5) is 0 Å². The van der Waals surface area contributed by atoms with E-state index in [4.69, 9.17) is 15.2 Å². The molecule has 4 nitrogen and oxygen atoms in total. The van der Waals surface area contributed by atoms with Gasteiger partial charge in [-0.05, 0) is 23.1 Å². The van der Waals surface area contributed by atoms with Gasteiger partial charge in [-0.15, -0.1) is 0 Å². The third kappa shape index (κ3) is 2.36. The average molecular weight is 265 g/mol. The highest BCUT2D eigenvalue weighted by Gasteiger charge is 2.46. The fourth-order valence-corrected chi connectivity index (χ4v) is 2.59. The molecular weight excluding hydrogens is 242 g/mol. The Morgan fingerprint density at radius 2 is 2.11 bits per heavy atom. The lowest BCUT2D eigenvalue weighted by Gasteiger charge is -2.45. The normalized spacial score (nSPS) is 19.1. The fourth-order valence-electron chi connectivity index (χ4n) is 2.59. The van der Waals surface area contributed by atoms with Crippen LogP contribution in [0.25, 0.3) is 0 Å². The van der Waals surface area contributed by atoms with Crippen molar-refractivity contribution in [1.82, 2.24) is 0 Å². The number of rotatable bonds is 5. The predicted octanol–water partition coefficient (Wildman–Crippen LogP) is 1.41. The number of methoxy groups -OCH3 is 1. The number of hydrogen-bond donors (Lipinski definition) is 2. The summed E-state index contributed by atoms with van der Waals surface area (Å²) < 4.78 is 10.7. The Bertz CT molecular complexity index is 441. The summed E-state index contributed by atoms with van der Waals surface area (Å²) in [6.45, 7) is 5.55. The molecule has 0 aromatic heterocycles. The highest BCUT2D eigenvalue weighted by atomic mass is 16.5. The number of aliphatic hydroxyl groups is 1. The van der Waals surface area contributed by atoms with Crippen molar-refractivity contribution in [1.29, 1.82) is 0 Å². The first-order valence-electron chi connectivity index (χ1n) is 6.69. The summed E-state index contributed by atoms with van der Waals surface area (Å²) in [6, 6.07) is 6.09. The van der Waals surface area contributed by atoms with Crippen molar-refractivity contribution in [3.63, 3.8) is 0 Å². The van der Waals surface area contributed by atoms with E-state index in [1.807, 2.05) is 12.1 Å². The van der Waals surface area contributed by atoms with Crippen LogP contribution in [-0.2, 0) is 10.2 Å². The summed E-state index contributed by atoms with van der Waals surface area (Å²) in [4.78, 5) is 0. The SMILES string of the molecule is COc1ccc(C2(C(O)CN)COC2)cc1C(C)C. The molecule has 1 saturated heterocycles. The third-order valence-corrected chi connectivity index (χ3v) is 4.01. The summed E-state index contributed by atoms with van der Waals surface area (Å²) in [5, 5.41) is 10.2. The minimum atomic E-state index is -0.574. The van der Waals surface area contributed by atoms with Crippen LogP contribution >= 0.6 is 0 Å². The van der Waals surface area contributed by atoms with Crippen molar-refractivity contribution in [2.45, 2.75) is 31.3 Å². The molecule has 1 aromatic carbocycles. The quantitative estimate of drug-likeness (QED) is 0.845. The van der Waals surface area contributed by atoms with E-state index < -0.39 is 6.10 Å². The van der Waals surface area contributed by atoms with Crippen molar-refractivity contribution in [3.05, 3.63) is 29.3 Å². The van der Waals surface area contributed by atoms with E-state index in [1.165, 1.54) is 0 Å². The number of aliphatic hydroxyl groups excluding tert-OH is 1. The first-order chi connectivity index (χ1) is 9.05. The van der Waals surface area contributed by atoms with Gasteiger partial charge < -0.3 is 20.3 Å². The van der Waals surface area contributed by atoms with Gasteiger partial charge in [-0.2, -0.15) is 0 Å². The zero-order valence-corrected chi connectivity index (χ0v) is 11.8. The van der Waals surface area contributed by atoms with Crippen molar-refractivity contribution < 1.29 is 14.6 Å². The van der Waals surface area contributed by atoms with Gasteiger partial charge in [0.2, 0.25) is 0 Å². The number of nitrogens with two attached hydrogens (primary N) is 1. The maximum absolute atomic E-state index is 10.2. The fraction of sp³-hybridized carbons (Fsp3) is 0.600. The van der Waals surface area contributed by atoms with Crippen LogP contribution in [0, 0.1) is 0 Å². The minimum absolute atomic E-state index is 0.242. The number of benzene rings is 1. The molecule has 0 aliphatic carbocycles. The Labute approximate surface area is 114 Å². The van der Waals surface area contributed by atoms with Gasteiger partial charge in [0, 0.05) is 6.54 Å². The van der Waals surface area contributed by atoms with E-state index in [1.54, 1.807) is 7.11 Å². The molecule has 1 fully saturated rings. The van der Waals surface area contributed by atoms with Crippen LogP contribution < -0.4 is 10.5 Å². The second-order valence-electron chi connectivity index (χ2n) is 5.51. The Kier molecular flexibility index (Phi) is 4.13. The standard InChI is InChI=1S/C15H23NO3/c1-10(2)12-6-11(4-5-13(12)18-3)15(8-19-9-15)14(17)7-16/h4-6,10,14,17H,7-9,16H2,1-3H3. The van der Waals surface area contributed by atoms with E-state index in [9.17, 15) is 5.11 Å². The Morgan fingerprint density at radius 1 is 1.42 bits per heavy atom. The van der Waals surface area contributed by atoms with Gasteiger partial charge in [0.25, 0.3) is 0 Å². The minimum Gasteiger partial charge on any atom is -0.496 e. The van der Waals surface area contributed by atoms with Gasteiger partial charge in [-0.3, -0.25) is 0 Å². The van der Waals surface area contributed by atoms with Gasteiger partial charge in [0.05, 0.1) is 31.8 Å². The smallest absolute Gasteiger partial charge is 0.122 e. The molecule has 0 radical (unpaired) electrons. The van der Waals surface area contributed by atoms with E-state index in [0.29, 0.717) is 19.1 Å². The summed E-state index contributed by atoms with van der Waals surface area (Å²) in [5.41, 5.74) is 7.51. The maximum Gasteiger partial charge on any atom is 0.122 e. The van der Waals surface area contributed by atoms with E-state index in [0.717, 1.165) is 16.9 Å². The molecule has 0 spiro atoms. The lowest BCUT2D eigenvalue weighted by molar-refractivity contribution is -0.116. The van der Waals surface area contributed by atoms with Crippen LogP contribution in [-0.4, -0.2) is 38.1 Å². The second kappa shape index (κ2) is 5.49. The summed E-state index contributed by atoms with van der Waals surface area (Å²) >= 11 is 0. The second-order valence-corrected chi connectivity index (χ2v) is 5.51. The molecule has 19 heavy (non-hydrogen) atoms. The molecule has 4 heteroatoms. The van der Waals surface area contributed by atoms with Crippen molar-refractivity contribution in [2.75, 3.05) is 26.9 Å². The largest absolute Gasteiger partial charge is 0.496 e. The average Bonchev–Trinajstić information content (AvgIpc) is 2.36. The Morgan fingerprint density at radius 3 is 2.53 bits per heavy atom. The molecular formula is C15H23NO3. The van der Waals surface area contributed by atoms with Gasteiger partial charge in [-0.25, -0.2) is 0 Å². The first-order valence-corrected chi connectivity index (χ1v) is 6.69. The van der Waals surface area contributed by atoms with Crippen LogP contribution in [0.15, 0.2) is 18.2 Å². The van der Waals surface area contributed by atoms with E-state index >= 15 is 0 Å². The van der Waals surface area contributed by atoms with Gasteiger partial charge >= 0.3 is 0 Å². The van der Waals surface area contributed by atoms with Gasteiger partial charge in [0.15, 0.2) is 0 Å². The first kappa shape index (κ1) is 14.3. The zero-order valence-electron chi connectivity index (χ0n) is 11.8. The molecule has 1 aliphatic heterocycles. The van der Waals surface area contributed by atoms with Crippen LogP contribution in [0.5, 0.6) is 5.75 Å². The third-order valence-electron chi connectivity index (χ3n) is 4.01. The summed E-state index contributed by atoms with van der Waals surface area (Å²) in [6.07, 6.45) is -0.574. The monoisotopic (exact) mass is 265 g/mol. The van der Waals surface area contributed by atoms with Crippen LogP contribution in [0.3, 0.4) is 0 Å². The molecule has 1 unspecified atom stereocenters. The molecule has 0 amide bonds. The zero-order chi connectivity index (χ0) is 14.0. The molecule has 0 bridgehead atoms. The molecule has 1 heterocycles. The molecule has 1 aromatic rings. The Hall–Kier alpha value is -1.10. The summed E-state index contributed by atoms with van der Waals surface area (Å²) in [5.74, 6) is 1.25. The highest BCUT2D eigenvalue weighted by molar-refractivity contribution is 5.43. The Balaban J connectivity index is 2.42. The predicted molar refractivity (Wildman–Crippen MR) is 74.6 cm³/mol. The molecule has 106 valence electrons. The maximum atomic E-state index is 10.2. The van der Waals surface area contributed by atoms with Crippen LogP contribution in [0.2, 0.25) is 0 Å². The van der Waals surface area contributed by atoms with E-state index in [2.05, 4.69) is 19.9 Å². The van der Waals surface area contributed by atoms with Crippen molar-refractivity contribution in [3.8, 4) is 5.75 Å². The highest BCUT2D eigenvalue weighted by Crippen LogP contribution is 2.39. The number of ether oxygens (including phenoxy) is 2. The van der Waals surface area contributed by atoms with Crippen molar-refractivity contribution in [2.24, 2.45) is 5.73 Å². The van der Waals surface area contributed by atoms with Crippen molar-refractivity contribution >= 4 is 0 Å². The number of hydrogen-bond acceptors (Lipinski definition) is 4. The molecule has 1 aliphatic rings. The topological polar surface area (TPSA) is 64.7 Å². The molecule has 1 atom stereocenters. The molecule has 3 N–H and O–H groups in total. The van der Waals surface area contributed by atoms with Gasteiger partial charge in [-0.1, -0.05) is 26.0 Å². The van der Waals surface area contributed by atoms with E-state index in [-0.39, 0.29) is 12.0 Å². The summed E-state index contributed by atoms with van der Waals surface area (Å²) in [7, 11) is 1.68. The lowest BCUT2D eigenvalue weighted by atomic mass is 9.73. The molecule has 2 rings (SSSR count). The lowest BCUT2D eigenvalue weighted by Crippen LogP contribution is -2.57. The van der Waals surface area contributed by atoms with Crippen LogP contribution in [0.1, 0.15) is 30.9 Å².